The lowest BCUT2D eigenvalue weighted by Gasteiger charge is -2.21. The molecule has 2 aromatic rings. The topological polar surface area (TPSA) is 61.2 Å². The fourth-order valence-corrected chi connectivity index (χ4v) is 3.10. The van der Waals surface area contributed by atoms with E-state index >= 15 is 0 Å². The SMILES string of the molecule is COc1ccccc1N1CCC(CNc2ccc(C)c(C#N)n2)C1. The van der Waals surface area contributed by atoms with Gasteiger partial charge in [-0.2, -0.15) is 5.26 Å². The molecule has 124 valence electrons. The molecule has 24 heavy (non-hydrogen) atoms. The Bertz CT molecular complexity index is 753. The molecule has 0 aliphatic carbocycles. The lowest BCUT2D eigenvalue weighted by molar-refractivity contribution is 0.414. The first-order valence-electron chi connectivity index (χ1n) is 8.21. The van der Waals surface area contributed by atoms with Gasteiger partial charge in [-0.05, 0) is 43.0 Å². The van der Waals surface area contributed by atoms with Gasteiger partial charge in [0.25, 0.3) is 0 Å². The molecule has 1 aliphatic heterocycles. The zero-order valence-electron chi connectivity index (χ0n) is 14.1. The number of ether oxygens (including phenoxy) is 1. The van der Waals surface area contributed by atoms with Gasteiger partial charge in [-0.15, -0.1) is 0 Å². The van der Waals surface area contributed by atoms with Gasteiger partial charge in [0.1, 0.15) is 23.3 Å². The van der Waals surface area contributed by atoms with E-state index < -0.39 is 0 Å². The van der Waals surface area contributed by atoms with Crippen LogP contribution in [0.2, 0.25) is 0 Å². The van der Waals surface area contributed by atoms with Crippen LogP contribution in [0.4, 0.5) is 11.5 Å². The molecule has 1 N–H and O–H groups in total. The van der Waals surface area contributed by atoms with E-state index in [1.54, 1.807) is 7.11 Å². The van der Waals surface area contributed by atoms with Gasteiger partial charge in [0, 0.05) is 19.6 Å². The van der Waals surface area contributed by atoms with Crippen molar-refractivity contribution in [3.8, 4) is 11.8 Å². The average molecular weight is 322 g/mol. The summed E-state index contributed by atoms with van der Waals surface area (Å²) in [6.07, 6.45) is 1.13. The molecule has 0 amide bonds. The molecule has 0 bridgehead atoms. The van der Waals surface area contributed by atoms with E-state index in [1.807, 2.05) is 37.3 Å². The minimum absolute atomic E-state index is 0.488. The fraction of sp³-hybridized carbons (Fsp3) is 0.368. The first kappa shape index (κ1) is 16.1. The molecule has 1 saturated heterocycles. The zero-order chi connectivity index (χ0) is 16.9. The van der Waals surface area contributed by atoms with Crippen LogP contribution < -0.4 is 15.0 Å². The Hall–Kier alpha value is -2.74. The van der Waals surface area contributed by atoms with E-state index in [0.717, 1.165) is 48.9 Å². The van der Waals surface area contributed by atoms with Gasteiger partial charge in [0.2, 0.25) is 0 Å². The summed E-state index contributed by atoms with van der Waals surface area (Å²) >= 11 is 0. The van der Waals surface area contributed by atoms with Crippen molar-refractivity contribution in [3.05, 3.63) is 47.7 Å². The second-order valence-corrected chi connectivity index (χ2v) is 6.13. The number of hydrogen-bond donors (Lipinski definition) is 1. The smallest absolute Gasteiger partial charge is 0.145 e. The lowest BCUT2D eigenvalue weighted by Crippen LogP contribution is -2.23. The average Bonchev–Trinajstić information content (AvgIpc) is 3.09. The van der Waals surface area contributed by atoms with Gasteiger partial charge in [0.05, 0.1) is 12.8 Å². The summed E-state index contributed by atoms with van der Waals surface area (Å²) in [5.74, 6) is 2.24. The summed E-state index contributed by atoms with van der Waals surface area (Å²) in [4.78, 5) is 6.72. The van der Waals surface area contributed by atoms with Crippen LogP contribution in [0.3, 0.4) is 0 Å². The number of rotatable bonds is 5. The standard InChI is InChI=1S/C19H22N4O/c1-14-7-8-19(22-16(14)11-20)21-12-15-9-10-23(13-15)17-5-3-4-6-18(17)24-2/h3-8,15H,9-10,12-13H2,1-2H3,(H,21,22). The molecule has 1 aromatic heterocycles. The summed E-state index contributed by atoms with van der Waals surface area (Å²) in [5.41, 5.74) is 2.55. The molecular formula is C19H22N4O. The molecule has 1 aliphatic rings. The number of para-hydroxylation sites is 2. The number of aromatic nitrogens is 1. The number of benzene rings is 1. The van der Waals surface area contributed by atoms with Gasteiger partial charge in [-0.1, -0.05) is 18.2 Å². The number of nitrogens with zero attached hydrogens (tertiary/aromatic N) is 3. The molecular weight excluding hydrogens is 300 g/mol. The third-order valence-corrected chi connectivity index (χ3v) is 4.49. The van der Waals surface area contributed by atoms with Gasteiger partial charge >= 0.3 is 0 Å². The van der Waals surface area contributed by atoms with Crippen LogP contribution in [-0.2, 0) is 0 Å². The fourth-order valence-electron chi connectivity index (χ4n) is 3.10. The summed E-state index contributed by atoms with van der Waals surface area (Å²) in [6.45, 7) is 4.77. The predicted octanol–water partition coefficient (Wildman–Crippen LogP) is 3.21. The van der Waals surface area contributed by atoms with Crippen molar-refractivity contribution in [3.63, 3.8) is 0 Å². The summed E-state index contributed by atoms with van der Waals surface area (Å²) in [5, 5.41) is 12.4. The normalized spacial score (nSPS) is 16.7. The lowest BCUT2D eigenvalue weighted by atomic mass is 10.1. The van der Waals surface area contributed by atoms with Crippen molar-refractivity contribution in [1.82, 2.24) is 4.98 Å². The van der Waals surface area contributed by atoms with Gasteiger partial charge < -0.3 is 15.0 Å². The highest BCUT2D eigenvalue weighted by atomic mass is 16.5. The third kappa shape index (κ3) is 3.43. The number of pyridine rings is 1. The largest absolute Gasteiger partial charge is 0.495 e. The maximum absolute atomic E-state index is 9.07. The second kappa shape index (κ2) is 7.22. The highest BCUT2D eigenvalue weighted by Gasteiger charge is 2.24. The van der Waals surface area contributed by atoms with Gasteiger partial charge in [-0.3, -0.25) is 0 Å². The van der Waals surface area contributed by atoms with Crippen molar-refractivity contribution < 1.29 is 4.74 Å². The minimum Gasteiger partial charge on any atom is -0.495 e. The van der Waals surface area contributed by atoms with Crippen molar-refractivity contribution in [2.45, 2.75) is 13.3 Å². The van der Waals surface area contributed by atoms with Crippen LogP contribution in [0.5, 0.6) is 5.75 Å². The molecule has 1 unspecified atom stereocenters. The molecule has 1 atom stereocenters. The van der Waals surface area contributed by atoms with Crippen LogP contribution in [0.25, 0.3) is 0 Å². The van der Waals surface area contributed by atoms with Crippen LogP contribution in [0.1, 0.15) is 17.7 Å². The quantitative estimate of drug-likeness (QED) is 0.916. The highest BCUT2D eigenvalue weighted by Crippen LogP contribution is 2.31. The Morgan fingerprint density at radius 3 is 2.96 bits per heavy atom. The van der Waals surface area contributed by atoms with Gasteiger partial charge in [-0.25, -0.2) is 4.98 Å². The molecule has 3 rings (SSSR count). The van der Waals surface area contributed by atoms with Gasteiger partial charge in [0.15, 0.2) is 0 Å². The molecule has 0 spiro atoms. The number of methoxy groups -OCH3 is 1. The van der Waals surface area contributed by atoms with E-state index in [0.29, 0.717) is 11.6 Å². The van der Waals surface area contributed by atoms with E-state index in [1.165, 1.54) is 0 Å². The third-order valence-electron chi connectivity index (χ3n) is 4.49. The van der Waals surface area contributed by atoms with Crippen molar-refractivity contribution in [2.75, 3.05) is 37.0 Å². The predicted molar refractivity (Wildman–Crippen MR) is 95.5 cm³/mol. The summed E-state index contributed by atoms with van der Waals surface area (Å²) < 4.78 is 5.46. The van der Waals surface area contributed by atoms with Crippen molar-refractivity contribution in [1.29, 1.82) is 5.26 Å². The molecule has 0 radical (unpaired) electrons. The van der Waals surface area contributed by atoms with E-state index in [9.17, 15) is 0 Å². The van der Waals surface area contributed by atoms with E-state index in [2.05, 4.69) is 27.3 Å². The zero-order valence-corrected chi connectivity index (χ0v) is 14.1. The van der Waals surface area contributed by atoms with E-state index in [4.69, 9.17) is 10.00 Å². The Morgan fingerprint density at radius 1 is 1.33 bits per heavy atom. The number of hydrogen-bond acceptors (Lipinski definition) is 5. The van der Waals surface area contributed by atoms with Crippen LogP contribution in [0.15, 0.2) is 36.4 Å². The highest BCUT2D eigenvalue weighted by molar-refractivity contribution is 5.59. The number of aryl methyl sites for hydroxylation is 1. The Labute approximate surface area is 142 Å². The number of nitrogens with one attached hydrogen (secondary N) is 1. The first-order valence-corrected chi connectivity index (χ1v) is 8.21. The molecule has 1 aromatic carbocycles. The number of nitriles is 1. The minimum atomic E-state index is 0.488. The molecule has 1 fully saturated rings. The molecule has 2 heterocycles. The first-order chi connectivity index (χ1) is 11.7. The summed E-state index contributed by atoms with van der Waals surface area (Å²) in [7, 11) is 1.71. The van der Waals surface area contributed by atoms with Crippen LogP contribution in [-0.4, -0.2) is 31.7 Å². The molecule has 5 heteroatoms. The maximum Gasteiger partial charge on any atom is 0.145 e. The molecule has 5 nitrogen and oxygen atoms in total. The Morgan fingerprint density at radius 2 is 2.17 bits per heavy atom. The van der Waals surface area contributed by atoms with Crippen LogP contribution in [0, 0.1) is 24.2 Å². The van der Waals surface area contributed by atoms with Crippen LogP contribution >= 0.6 is 0 Å². The van der Waals surface area contributed by atoms with Crippen molar-refractivity contribution >= 4 is 11.5 Å². The number of anilines is 2. The summed E-state index contributed by atoms with van der Waals surface area (Å²) in [6, 6.07) is 14.1. The molecule has 0 saturated carbocycles. The Balaban J connectivity index is 1.60. The van der Waals surface area contributed by atoms with E-state index in [-0.39, 0.29) is 0 Å². The Kier molecular flexibility index (Phi) is 4.85. The maximum atomic E-state index is 9.07. The monoisotopic (exact) mass is 322 g/mol. The second-order valence-electron chi connectivity index (χ2n) is 6.13. The van der Waals surface area contributed by atoms with Crippen molar-refractivity contribution in [2.24, 2.45) is 5.92 Å².